The van der Waals surface area contributed by atoms with Crippen LogP contribution in [0.3, 0.4) is 0 Å². The van der Waals surface area contributed by atoms with Crippen molar-refractivity contribution in [2.75, 3.05) is 6.54 Å². The van der Waals surface area contributed by atoms with Crippen molar-refractivity contribution in [1.29, 1.82) is 0 Å². The first kappa shape index (κ1) is 17.4. The third-order valence-electron chi connectivity index (χ3n) is 3.60. The highest BCUT2D eigenvalue weighted by Gasteiger charge is 2.10. The van der Waals surface area contributed by atoms with Crippen LogP contribution in [0.25, 0.3) is 11.5 Å². The normalized spacial score (nSPS) is 10.3. The molecule has 1 heterocycles. The number of carbonyl (C=O) groups is 2. The van der Waals surface area contributed by atoms with E-state index in [4.69, 9.17) is 9.15 Å². The first-order valence-electron chi connectivity index (χ1n) is 8.21. The smallest absolute Gasteiger partial charge is 0.307 e. The van der Waals surface area contributed by atoms with Crippen LogP contribution in [-0.4, -0.2) is 23.4 Å². The Morgan fingerprint density at radius 2 is 1.69 bits per heavy atom. The van der Waals surface area contributed by atoms with Gasteiger partial charge in [0, 0.05) is 17.7 Å². The number of esters is 1. The van der Waals surface area contributed by atoms with Gasteiger partial charge in [0.1, 0.15) is 18.6 Å². The summed E-state index contributed by atoms with van der Waals surface area (Å²) in [6.07, 6.45) is 1.55. The number of nitrogens with zero attached hydrogens (tertiary/aromatic N) is 1. The average Bonchev–Trinajstić information content (AvgIpc) is 3.17. The third-order valence-corrected chi connectivity index (χ3v) is 3.60. The molecule has 0 saturated carbocycles. The van der Waals surface area contributed by atoms with Gasteiger partial charge in [0.05, 0.1) is 6.42 Å². The fraction of sp³-hybridized carbons (Fsp3) is 0.150. The van der Waals surface area contributed by atoms with E-state index in [9.17, 15) is 9.59 Å². The Morgan fingerprint density at radius 3 is 2.42 bits per heavy atom. The molecular formula is C20H18N2O4. The van der Waals surface area contributed by atoms with E-state index in [0.29, 0.717) is 17.1 Å². The zero-order valence-corrected chi connectivity index (χ0v) is 14.1. The second-order valence-corrected chi connectivity index (χ2v) is 5.54. The minimum atomic E-state index is -0.414. The van der Waals surface area contributed by atoms with E-state index < -0.39 is 5.97 Å². The van der Waals surface area contributed by atoms with Gasteiger partial charge in [-0.3, -0.25) is 9.59 Å². The topological polar surface area (TPSA) is 81.4 Å². The van der Waals surface area contributed by atoms with E-state index in [1.54, 1.807) is 24.3 Å². The van der Waals surface area contributed by atoms with Crippen LogP contribution in [0.2, 0.25) is 0 Å². The predicted octanol–water partition coefficient (Wildman–Crippen LogP) is 3.20. The Kier molecular flexibility index (Phi) is 5.77. The number of carbonyl (C=O) groups excluding carboxylic acids is 2. The van der Waals surface area contributed by atoms with E-state index in [1.807, 2.05) is 36.4 Å². The summed E-state index contributed by atoms with van der Waals surface area (Å²) in [7, 11) is 0. The second-order valence-electron chi connectivity index (χ2n) is 5.54. The zero-order valence-electron chi connectivity index (χ0n) is 14.1. The van der Waals surface area contributed by atoms with E-state index in [0.717, 1.165) is 5.56 Å². The molecule has 3 aromatic rings. The summed E-state index contributed by atoms with van der Waals surface area (Å²) in [5.74, 6) is -0.156. The van der Waals surface area contributed by atoms with Gasteiger partial charge in [-0.05, 0) is 24.3 Å². The highest BCUT2D eigenvalue weighted by molar-refractivity contribution is 5.94. The van der Waals surface area contributed by atoms with Crippen molar-refractivity contribution >= 4 is 11.9 Å². The van der Waals surface area contributed by atoms with E-state index in [1.165, 1.54) is 6.26 Å². The van der Waals surface area contributed by atoms with Gasteiger partial charge in [0.25, 0.3) is 5.91 Å². The Hall–Kier alpha value is -3.41. The monoisotopic (exact) mass is 350 g/mol. The first-order chi connectivity index (χ1) is 12.7. The fourth-order valence-electron chi connectivity index (χ4n) is 2.28. The SMILES string of the molecule is O=C(CCNC(=O)c1ccccc1)OCc1coc(-c2ccccc2)n1. The number of rotatable bonds is 7. The molecule has 0 aliphatic rings. The van der Waals surface area contributed by atoms with Crippen LogP contribution >= 0.6 is 0 Å². The molecule has 0 unspecified atom stereocenters. The number of amides is 1. The second kappa shape index (κ2) is 8.62. The van der Waals surface area contributed by atoms with Gasteiger partial charge >= 0.3 is 5.97 Å². The van der Waals surface area contributed by atoms with Crippen LogP contribution in [0.1, 0.15) is 22.5 Å². The van der Waals surface area contributed by atoms with Crippen molar-refractivity contribution in [3.8, 4) is 11.5 Å². The number of hydrogen-bond donors (Lipinski definition) is 1. The molecule has 26 heavy (non-hydrogen) atoms. The minimum Gasteiger partial charge on any atom is -0.459 e. The van der Waals surface area contributed by atoms with Crippen LogP contribution in [0.4, 0.5) is 0 Å². The summed E-state index contributed by atoms with van der Waals surface area (Å²) >= 11 is 0. The lowest BCUT2D eigenvalue weighted by molar-refractivity contribution is -0.144. The largest absolute Gasteiger partial charge is 0.459 e. The molecule has 6 heteroatoms. The Balaban J connectivity index is 1.41. The number of aromatic nitrogens is 1. The maximum atomic E-state index is 11.9. The van der Waals surface area contributed by atoms with Gasteiger partial charge in [-0.1, -0.05) is 36.4 Å². The van der Waals surface area contributed by atoms with Crippen molar-refractivity contribution in [2.24, 2.45) is 0 Å². The predicted molar refractivity (Wildman–Crippen MR) is 95.1 cm³/mol. The molecule has 1 aromatic heterocycles. The molecule has 0 aliphatic carbocycles. The van der Waals surface area contributed by atoms with Crippen LogP contribution in [0.15, 0.2) is 71.3 Å². The number of nitrogens with one attached hydrogen (secondary N) is 1. The third kappa shape index (κ3) is 4.80. The summed E-state index contributed by atoms with van der Waals surface area (Å²) in [4.78, 5) is 27.9. The van der Waals surface area contributed by atoms with Crippen molar-refractivity contribution in [2.45, 2.75) is 13.0 Å². The van der Waals surface area contributed by atoms with Crippen molar-refractivity contribution in [3.63, 3.8) is 0 Å². The molecule has 2 aromatic carbocycles. The lowest BCUT2D eigenvalue weighted by Crippen LogP contribution is -2.26. The molecule has 0 fully saturated rings. The quantitative estimate of drug-likeness (QED) is 0.662. The molecule has 0 radical (unpaired) electrons. The zero-order chi connectivity index (χ0) is 18.2. The highest BCUT2D eigenvalue weighted by atomic mass is 16.5. The molecule has 0 bridgehead atoms. The molecule has 0 aliphatic heterocycles. The van der Waals surface area contributed by atoms with Gasteiger partial charge in [-0.15, -0.1) is 0 Å². The summed E-state index contributed by atoms with van der Waals surface area (Å²) in [5.41, 5.74) is 1.94. The molecule has 0 saturated heterocycles. The molecule has 6 nitrogen and oxygen atoms in total. The Bertz CT molecular complexity index is 860. The minimum absolute atomic E-state index is 0.0296. The van der Waals surface area contributed by atoms with Gasteiger partial charge in [-0.25, -0.2) is 4.98 Å². The molecule has 1 amide bonds. The standard InChI is InChI=1S/C20H18N2O4/c23-18(11-12-21-19(24)15-7-3-1-4-8-15)25-13-17-14-26-20(22-17)16-9-5-2-6-10-16/h1-10,14H,11-13H2,(H,21,24). The number of ether oxygens (including phenoxy) is 1. The van der Waals surface area contributed by atoms with Gasteiger partial charge in [0.15, 0.2) is 0 Å². The van der Waals surface area contributed by atoms with Crippen LogP contribution in [-0.2, 0) is 16.1 Å². The number of oxazole rings is 1. The number of hydrogen-bond acceptors (Lipinski definition) is 5. The van der Waals surface area contributed by atoms with Crippen molar-refractivity contribution < 1.29 is 18.7 Å². The molecule has 1 N–H and O–H groups in total. The fourth-order valence-corrected chi connectivity index (χ4v) is 2.28. The Morgan fingerprint density at radius 1 is 1.00 bits per heavy atom. The first-order valence-corrected chi connectivity index (χ1v) is 8.21. The summed E-state index contributed by atoms with van der Waals surface area (Å²) in [6.45, 7) is 0.239. The number of benzene rings is 2. The highest BCUT2D eigenvalue weighted by Crippen LogP contribution is 2.18. The summed E-state index contributed by atoms with van der Waals surface area (Å²) in [6, 6.07) is 18.3. The molecular weight excluding hydrogens is 332 g/mol. The maximum Gasteiger partial charge on any atom is 0.307 e. The maximum absolute atomic E-state index is 11.9. The van der Waals surface area contributed by atoms with Crippen LogP contribution in [0.5, 0.6) is 0 Å². The van der Waals surface area contributed by atoms with E-state index in [2.05, 4.69) is 10.3 Å². The average molecular weight is 350 g/mol. The van der Waals surface area contributed by atoms with Crippen molar-refractivity contribution in [1.82, 2.24) is 10.3 Å². The molecule has 0 atom stereocenters. The van der Waals surface area contributed by atoms with Gasteiger partial charge in [-0.2, -0.15) is 0 Å². The Labute approximate surface area is 150 Å². The van der Waals surface area contributed by atoms with Gasteiger partial charge in [0.2, 0.25) is 5.89 Å². The van der Waals surface area contributed by atoms with Gasteiger partial charge < -0.3 is 14.5 Å². The lowest BCUT2D eigenvalue weighted by atomic mass is 10.2. The lowest BCUT2D eigenvalue weighted by Gasteiger charge is -2.05. The van der Waals surface area contributed by atoms with E-state index >= 15 is 0 Å². The molecule has 0 spiro atoms. The molecule has 132 valence electrons. The summed E-state index contributed by atoms with van der Waals surface area (Å²) in [5, 5.41) is 2.68. The molecule has 3 rings (SSSR count). The summed E-state index contributed by atoms with van der Waals surface area (Å²) < 4.78 is 10.5. The van der Waals surface area contributed by atoms with Crippen molar-refractivity contribution in [3.05, 3.63) is 78.2 Å². The van der Waals surface area contributed by atoms with Crippen LogP contribution < -0.4 is 5.32 Å². The van der Waals surface area contributed by atoms with Crippen LogP contribution in [0, 0.1) is 0 Å². The van der Waals surface area contributed by atoms with E-state index in [-0.39, 0.29) is 25.5 Å².